The summed E-state index contributed by atoms with van der Waals surface area (Å²) < 4.78 is 11.9. The Kier molecular flexibility index (Phi) is 12.1. The summed E-state index contributed by atoms with van der Waals surface area (Å²) in [5.41, 5.74) is 0. The van der Waals surface area contributed by atoms with E-state index >= 15 is 0 Å². The van der Waals surface area contributed by atoms with Crippen LogP contribution < -0.4 is 4.74 Å². The number of hydrogen-bond donors (Lipinski definition) is 0. The highest BCUT2D eigenvalue weighted by atomic mass is 16.6. The molecule has 0 aliphatic rings. The minimum Gasteiger partial charge on any atom is -0.478 e. The Morgan fingerprint density at radius 2 is 1.25 bits per heavy atom. The number of carbonyl (C=O) groups excluding carboxylic acids is 1. The van der Waals surface area contributed by atoms with Crippen LogP contribution in [0, 0.1) is 0 Å². The Bertz CT molecular complexity index is 1060. The fourth-order valence-corrected chi connectivity index (χ4v) is 4.90. The smallest absolute Gasteiger partial charge is 0.347 e. The molecule has 0 aromatic heterocycles. The van der Waals surface area contributed by atoms with Crippen LogP contribution in [-0.4, -0.2) is 18.2 Å². The quantitative estimate of drug-likeness (QED) is 0.107. The molecule has 0 aliphatic carbocycles. The molecule has 3 rings (SSSR count). The van der Waals surface area contributed by atoms with E-state index in [1.54, 1.807) is 0 Å². The van der Waals surface area contributed by atoms with Gasteiger partial charge in [0.05, 0.1) is 6.10 Å². The molecule has 3 aromatic rings. The third-order valence-electron chi connectivity index (χ3n) is 6.91. The molecule has 3 aromatic carbocycles. The normalized spacial score (nSPS) is 12.3. The minimum atomic E-state index is -0.576. The van der Waals surface area contributed by atoms with Gasteiger partial charge in [0.2, 0.25) is 0 Å². The highest BCUT2D eigenvalue weighted by molar-refractivity contribution is 6.01. The highest BCUT2D eigenvalue weighted by Gasteiger charge is 2.23. The Balaban J connectivity index is 1.51. The zero-order chi connectivity index (χ0) is 25.6. The number of ether oxygens (including phenoxy) is 2. The summed E-state index contributed by atoms with van der Waals surface area (Å²) >= 11 is 0. The van der Waals surface area contributed by atoms with E-state index in [4.69, 9.17) is 9.47 Å². The summed E-state index contributed by atoms with van der Waals surface area (Å²) in [6.45, 7) is 6.05. The van der Waals surface area contributed by atoms with Crippen LogP contribution in [0.15, 0.2) is 54.6 Å². The van der Waals surface area contributed by atoms with Crippen LogP contribution in [0.2, 0.25) is 0 Å². The van der Waals surface area contributed by atoms with Crippen LogP contribution >= 0.6 is 0 Å². The second kappa shape index (κ2) is 15.5. The summed E-state index contributed by atoms with van der Waals surface area (Å²) in [4.78, 5) is 12.9. The molecule has 0 aliphatic heterocycles. The molecule has 3 heteroatoms. The Hall–Kier alpha value is -2.55. The number of carbonyl (C=O) groups is 1. The number of rotatable bonds is 17. The number of unbranched alkanes of at least 4 members (excludes halogenated alkanes) is 11. The number of hydrogen-bond acceptors (Lipinski definition) is 3. The summed E-state index contributed by atoms with van der Waals surface area (Å²) in [6, 6.07) is 18.8. The van der Waals surface area contributed by atoms with Crippen molar-refractivity contribution in [2.24, 2.45) is 0 Å². The van der Waals surface area contributed by atoms with Gasteiger partial charge in [0, 0.05) is 5.39 Å². The molecule has 36 heavy (non-hydrogen) atoms. The molecule has 0 bridgehead atoms. The predicted octanol–water partition coefficient (Wildman–Crippen LogP) is 9.78. The van der Waals surface area contributed by atoms with Gasteiger partial charge in [0.15, 0.2) is 6.10 Å². The first kappa shape index (κ1) is 28.0. The molecule has 1 atom stereocenters. The molecule has 0 saturated heterocycles. The Morgan fingerprint density at radius 1 is 0.694 bits per heavy atom. The van der Waals surface area contributed by atoms with Crippen molar-refractivity contribution in [1.82, 2.24) is 0 Å². The lowest BCUT2D eigenvalue weighted by atomic mass is 10.0. The zero-order valence-electron chi connectivity index (χ0n) is 22.8. The van der Waals surface area contributed by atoms with Gasteiger partial charge in [-0.1, -0.05) is 114 Å². The van der Waals surface area contributed by atoms with Gasteiger partial charge in [-0.2, -0.15) is 0 Å². The van der Waals surface area contributed by atoms with Crippen molar-refractivity contribution in [1.29, 1.82) is 0 Å². The van der Waals surface area contributed by atoms with Crippen LogP contribution in [0.25, 0.3) is 21.5 Å². The van der Waals surface area contributed by atoms with Gasteiger partial charge in [-0.25, -0.2) is 4.79 Å². The standard InChI is InChI=1S/C33H46O3/c1-4-5-6-7-8-9-10-11-12-13-14-15-22-32(33(34)35-26(2)3)36-31-23-18-21-29-24-27-19-16-17-20-28(27)25-30(29)31/h16-21,23-26,32H,4-15,22H2,1-3H3. The van der Waals surface area contributed by atoms with Gasteiger partial charge >= 0.3 is 5.97 Å². The third-order valence-corrected chi connectivity index (χ3v) is 6.91. The van der Waals surface area contributed by atoms with Gasteiger partial charge in [-0.3, -0.25) is 0 Å². The highest BCUT2D eigenvalue weighted by Crippen LogP contribution is 2.31. The predicted molar refractivity (Wildman–Crippen MR) is 153 cm³/mol. The van der Waals surface area contributed by atoms with Crippen molar-refractivity contribution < 1.29 is 14.3 Å². The first-order valence-electron chi connectivity index (χ1n) is 14.4. The topological polar surface area (TPSA) is 35.5 Å². The molecular weight excluding hydrogens is 444 g/mol. The minimum absolute atomic E-state index is 0.151. The summed E-state index contributed by atoms with van der Waals surface area (Å²) in [6.07, 6.45) is 15.5. The molecule has 0 saturated carbocycles. The first-order chi connectivity index (χ1) is 17.6. The second-order valence-electron chi connectivity index (χ2n) is 10.4. The SMILES string of the molecule is CCCCCCCCCCCCCCC(Oc1cccc2cc3ccccc3cc12)C(=O)OC(C)C. The zero-order valence-corrected chi connectivity index (χ0v) is 22.8. The summed E-state index contributed by atoms with van der Waals surface area (Å²) in [5, 5.41) is 4.53. The van der Waals surface area contributed by atoms with Crippen LogP contribution in [-0.2, 0) is 9.53 Å². The van der Waals surface area contributed by atoms with E-state index in [1.165, 1.54) is 75.0 Å². The largest absolute Gasteiger partial charge is 0.478 e. The van der Waals surface area contributed by atoms with E-state index in [1.807, 2.05) is 32.0 Å². The van der Waals surface area contributed by atoms with Crippen molar-refractivity contribution in [3.8, 4) is 5.75 Å². The van der Waals surface area contributed by atoms with Crippen LogP contribution in [0.4, 0.5) is 0 Å². The lowest BCUT2D eigenvalue weighted by Gasteiger charge is -2.20. The van der Waals surface area contributed by atoms with Gasteiger partial charge in [-0.05, 0) is 61.0 Å². The van der Waals surface area contributed by atoms with Crippen LogP contribution in [0.1, 0.15) is 104 Å². The maximum Gasteiger partial charge on any atom is 0.347 e. The molecular formula is C33H46O3. The Morgan fingerprint density at radius 3 is 1.86 bits per heavy atom. The molecule has 196 valence electrons. The van der Waals surface area contributed by atoms with E-state index in [-0.39, 0.29) is 12.1 Å². The second-order valence-corrected chi connectivity index (χ2v) is 10.4. The molecule has 0 N–H and O–H groups in total. The van der Waals surface area contributed by atoms with Crippen molar-refractivity contribution in [3.05, 3.63) is 54.6 Å². The average molecular weight is 491 g/mol. The maximum absolute atomic E-state index is 12.9. The van der Waals surface area contributed by atoms with E-state index in [2.05, 4.69) is 43.3 Å². The molecule has 0 radical (unpaired) electrons. The monoisotopic (exact) mass is 490 g/mol. The van der Waals surface area contributed by atoms with Crippen LogP contribution in [0.5, 0.6) is 5.75 Å². The lowest BCUT2D eigenvalue weighted by molar-refractivity contribution is -0.156. The summed E-state index contributed by atoms with van der Waals surface area (Å²) in [5.74, 6) is 0.494. The van der Waals surface area contributed by atoms with E-state index in [0.29, 0.717) is 6.42 Å². The van der Waals surface area contributed by atoms with Crippen molar-refractivity contribution >= 4 is 27.5 Å². The molecule has 0 heterocycles. The molecule has 0 fully saturated rings. The fraction of sp³-hybridized carbons (Fsp3) is 0.545. The van der Waals surface area contributed by atoms with Gasteiger partial charge < -0.3 is 9.47 Å². The molecule has 1 unspecified atom stereocenters. The molecule has 3 nitrogen and oxygen atoms in total. The van der Waals surface area contributed by atoms with Crippen molar-refractivity contribution in [2.75, 3.05) is 0 Å². The first-order valence-corrected chi connectivity index (χ1v) is 14.4. The lowest BCUT2D eigenvalue weighted by Crippen LogP contribution is -2.31. The number of esters is 1. The van der Waals surface area contributed by atoms with E-state index < -0.39 is 6.10 Å². The van der Waals surface area contributed by atoms with Crippen molar-refractivity contribution in [2.45, 2.75) is 116 Å². The van der Waals surface area contributed by atoms with Crippen molar-refractivity contribution in [3.63, 3.8) is 0 Å². The van der Waals surface area contributed by atoms with Gasteiger partial charge in [-0.15, -0.1) is 0 Å². The van der Waals surface area contributed by atoms with Gasteiger partial charge in [0.1, 0.15) is 5.75 Å². The van der Waals surface area contributed by atoms with E-state index in [9.17, 15) is 4.79 Å². The molecule has 0 amide bonds. The maximum atomic E-state index is 12.9. The summed E-state index contributed by atoms with van der Waals surface area (Å²) in [7, 11) is 0. The third kappa shape index (κ3) is 9.15. The van der Waals surface area contributed by atoms with Gasteiger partial charge in [0.25, 0.3) is 0 Å². The fourth-order valence-electron chi connectivity index (χ4n) is 4.90. The molecule has 0 spiro atoms. The van der Waals surface area contributed by atoms with E-state index in [0.717, 1.165) is 29.4 Å². The number of fused-ring (bicyclic) bond motifs is 2. The average Bonchev–Trinajstić information content (AvgIpc) is 2.87. The Labute approximate surface area is 218 Å². The number of benzene rings is 3. The van der Waals surface area contributed by atoms with Crippen LogP contribution in [0.3, 0.4) is 0 Å².